The van der Waals surface area contributed by atoms with Crippen LogP contribution in [0.4, 0.5) is 0 Å². The van der Waals surface area contributed by atoms with Gasteiger partial charge >= 0.3 is 0 Å². The van der Waals surface area contributed by atoms with Gasteiger partial charge in [0, 0.05) is 0 Å². The molecule has 0 unspecified atom stereocenters. The van der Waals surface area contributed by atoms with E-state index in [1.807, 2.05) is 0 Å². The fourth-order valence-electron chi connectivity index (χ4n) is 3.72. The lowest BCUT2D eigenvalue weighted by Gasteiger charge is -2.16. The highest BCUT2D eigenvalue weighted by atomic mass is 16.6. The molecule has 220 valence electrons. The number of aryl methyl sites for hydroxylation is 2. The van der Waals surface area contributed by atoms with Gasteiger partial charge in [0.05, 0.1) is 112 Å². The Morgan fingerprint density at radius 3 is 1.24 bits per heavy atom. The molecule has 0 aromatic heterocycles. The highest BCUT2D eigenvalue weighted by Gasteiger charge is 2.09. The fraction of sp³-hybridized carbons (Fsp3) is 0.786. The molecule has 0 saturated carbocycles. The normalized spacial score (nSPS) is 13.1. The summed E-state index contributed by atoms with van der Waals surface area (Å²) in [4.78, 5) is 0. The van der Waals surface area contributed by atoms with Crippen molar-refractivity contribution < 1.29 is 47.7 Å². The van der Waals surface area contributed by atoms with E-state index in [1.165, 1.54) is 30.4 Å². The number of aliphatic hydroxyl groups excluding tert-OH is 1. The van der Waals surface area contributed by atoms with Crippen molar-refractivity contribution in [2.24, 2.45) is 0 Å². The Labute approximate surface area is 227 Å². The maximum atomic E-state index is 8.57. The summed E-state index contributed by atoms with van der Waals surface area (Å²) >= 11 is 0. The van der Waals surface area contributed by atoms with E-state index in [-0.39, 0.29) is 6.61 Å². The van der Waals surface area contributed by atoms with E-state index < -0.39 is 0 Å². The zero-order valence-corrected chi connectivity index (χ0v) is 22.9. The molecule has 1 aromatic rings. The van der Waals surface area contributed by atoms with Crippen LogP contribution in [0.2, 0.25) is 0 Å². The largest absolute Gasteiger partial charge is 0.491 e. The molecular weight excluding hydrogens is 496 g/mol. The highest BCUT2D eigenvalue weighted by molar-refractivity contribution is 5.37. The lowest BCUT2D eigenvalue weighted by molar-refractivity contribution is -0.0242. The van der Waals surface area contributed by atoms with Crippen molar-refractivity contribution in [1.82, 2.24) is 0 Å². The molecule has 0 bridgehead atoms. The molecule has 1 aliphatic carbocycles. The summed E-state index contributed by atoms with van der Waals surface area (Å²) in [6, 6.07) is 6.43. The van der Waals surface area contributed by atoms with Crippen LogP contribution < -0.4 is 4.74 Å². The molecule has 0 saturated heterocycles. The van der Waals surface area contributed by atoms with Gasteiger partial charge in [0.2, 0.25) is 0 Å². The molecule has 1 N–H and O–H groups in total. The van der Waals surface area contributed by atoms with Gasteiger partial charge in [-0.25, -0.2) is 0 Å². The third-order valence-corrected chi connectivity index (χ3v) is 5.66. The highest BCUT2D eigenvalue weighted by Crippen LogP contribution is 2.25. The maximum absolute atomic E-state index is 8.57. The van der Waals surface area contributed by atoms with Crippen molar-refractivity contribution in [3.05, 3.63) is 29.3 Å². The van der Waals surface area contributed by atoms with Crippen LogP contribution in [0.25, 0.3) is 0 Å². The first-order valence-corrected chi connectivity index (χ1v) is 13.9. The van der Waals surface area contributed by atoms with Crippen molar-refractivity contribution in [3.8, 4) is 5.75 Å². The van der Waals surface area contributed by atoms with Crippen LogP contribution in [0.3, 0.4) is 0 Å². The standard InChI is InChI=1S/C28H48O10/c29-7-8-30-9-10-31-11-12-32-13-14-33-15-16-34-17-18-35-19-20-36-21-22-37-23-24-38-28-6-5-26-3-1-2-4-27(26)25-28/h5-6,25,29H,1-4,7-24H2. The van der Waals surface area contributed by atoms with E-state index in [4.69, 9.17) is 47.7 Å². The molecule has 10 nitrogen and oxygen atoms in total. The van der Waals surface area contributed by atoms with E-state index >= 15 is 0 Å². The molecular formula is C28H48O10. The first kappa shape index (κ1) is 32.9. The quantitative estimate of drug-likeness (QED) is 0.166. The van der Waals surface area contributed by atoms with E-state index in [0.717, 1.165) is 12.2 Å². The Kier molecular flexibility index (Phi) is 21.4. The van der Waals surface area contributed by atoms with Gasteiger partial charge in [-0.15, -0.1) is 0 Å². The van der Waals surface area contributed by atoms with Crippen molar-refractivity contribution >= 4 is 0 Å². The van der Waals surface area contributed by atoms with Crippen LogP contribution in [-0.2, 0) is 50.7 Å². The Hall–Kier alpha value is -1.34. The minimum atomic E-state index is 0.0305. The minimum absolute atomic E-state index is 0.0305. The van der Waals surface area contributed by atoms with Crippen LogP contribution in [0, 0.1) is 0 Å². The average molecular weight is 545 g/mol. The van der Waals surface area contributed by atoms with Gasteiger partial charge < -0.3 is 47.7 Å². The zero-order valence-electron chi connectivity index (χ0n) is 22.9. The van der Waals surface area contributed by atoms with Crippen molar-refractivity contribution in [2.45, 2.75) is 25.7 Å². The van der Waals surface area contributed by atoms with Gasteiger partial charge in [0.15, 0.2) is 0 Å². The van der Waals surface area contributed by atoms with Crippen molar-refractivity contribution in [3.63, 3.8) is 0 Å². The number of benzene rings is 1. The van der Waals surface area contributed by atoms with Crippen LogP contribution >= 0.6 is 0 Å². The molecule has 1 aromatic carbocycles. The van der Waals surface area contributed by atoms with Gasteiger partial charge in [-0.3, -0.25) is 0 Å². The first-order valence-electron chi connectivity index (χ1n) is 13.9. The molecule has 2 rings (SSSR count). The Morgan fingerprint density at radius 1 is 0.447 bits per heavy atom. The molecule has 38 heavy (non-hydrogen) atoms. The third-order valence-electron chi connectivity index (χ3n) is 5.66. The Bertz CT molecular complexity index is 661. The first-order chi connectivity index (χ1) is 18.9. The zero-order chi connectivity index (χ0) is 26.8. The number of ether oxygens (including phenoxy) is 9. The predicted octanol–water partition coefficient (Wildman–Crippen LogP) is 2.07. The molecule has 0 radical (unpaired) electrons. The monoisotopic (exact) mass is 544 g/mol. The summed E-state index contributed by atoms with van der Waals surface area (Å²) in [5, 5.41) is 8.57. The topological polar surface area (TPSA) is 103 Å². The van der Waals surface area contributed by atoms with Crippen LogP contribution in [0.5, 0.6) is 5.75 Å². The van der Waals surface area contributed by atoms with Crippen LogP contribution in [0.15, 0.2) is 18.2 Å². The van der Waals surface area contributed by atoms with Crippen LogP contribution in [-0.4, -0.2) is 124 Å². The second kappa shape index (κ2) is 24.7. The molecule has 0 amide bonds. The van der Waals surface area contributed by atoms with E-state index in [9.17, 15) is 0 Å². The molecule has 0 atom stereocenters. The fourth-order valence-corrected chi connectivity index (χ4v) is 3.72. The number of fused-ring (bicyclic) bond motifs is 1. The Balaban J connectivity index is 1.21. The van der Waals surface area contributed by atoms with Gasteiger partial charge in [-0.05, 0) is 48.9 Å². The predicted molar refractivity (Wildman–Crippen MR) is 142 cm³/mol. The maximum Gasteiger partial charge on any atom is 0.119 e. The molecule has 1 aliphatic rings. The van der Waals surface area contributed by atoms with Crippen molar-refractivity contribution in [1.29, 1.82) is 0 Å². The Morgan fingerprint density at radius 2 is 0.816 bits per heavy atom. The number of aliphatic hydroxyl groups is 1. The smallest absolute Gasteiger partial charge is 0.119 e. The summed E-state index contributed by atoms with van der Waals surface area (Å²) in [6.45, 7) is 8.69. The van der Waals surface area contributed by atoms with Gasteiger partial charge in [-0.2, -0.15) is 0 Å². The van der Waals surface area contributed by atoms with Gasteiger partial charge in [-0.1, -0.05) is 6.07 Å². The molecule has 0 spiro atoms. The summed E-state index contributed by atoms with van der Waals surface area (Å²) in [7, 11) is 0. The van der Waals surface area contributed by atoms with E-state index in [1.54, 1.807) is 0 Å². The minimum Gasteiger partial charge on any atom is -0.491 e. The SMILES string of the molecule is OCCOCCOCCOCCOCCOCCOCCOCCOCCOc1ccc2c(c1)CCCC2. The van der Waals surface area contributed by atoms with E-state index in [0.29, 0.717) is 112 Å². The van der Waals surface area contributed by atoms with Gasteiger partial charge in [0.1, 0.15) is 12.4 Å². The molecule has 0 aliphatic heterocycles. The van der Waals surface area contributed by atoms with Crippen molar-refractivity contribution in [2.75, 3.05) is 119 Å². The summed E-state index contributed by atoms with van der Waals surface area (Å²) < 4.78 is 49.1. The number of rotatable bonds is 27. The average Bonchev–Trinajstić information content (AvgIpc) is 2.95. The molecule has 0 fully saturated rings. The number of hydrogen-bond acceptors (Lipinski definition) is 10. The lowest BCUT2D eigenvalue weighted by atomic mass is 9.92. The second-order valence-electron chi connectivity index (χ2n) is 8.61. The van der Waals surface area contributed by atoms with Gasteiger partial charge in [0.25, 0.3) is 0 Å². The van der Waals surface area contributed by atoms with E-state index in [2.05, 4.69) is 18.2 Å². The van der Waals surface area contributed by atoms with Crippen LogP contribution in [0.1, 0.15) is 24.0 Å². The lowest BCUT2D eigenvalue weighted by Crippen LogP contribution is -2.15. The molecule has 10 heteroatoms. The summed E-state index contributed by atoms with van der Waals surface area (Å²) in [5.74, 6) is 0.931. The summed E-state index contributed by atoms with van der Waals surface area (Å²) in [5.41, 5.74) is 2.90. The third kappa shape index (κ3) is 18.0. The number of hydrogen-bond donors (Lipinski definition) is 1. The molecule has 0 heterocycles. The second-order valence-corrected chi connectivity index (χ2v) is 8.61. The summed E-state index contributed by atoms with van der Waals surface area (Å²) in [6.07, 6.45) is 4.91.